The zero-order valence-electron chi connectivity index (χ0n) is 12.0. The molecule has 0 saturated heterocycles. The molecular weight excluding hydrogens is 301 g/mol. The maximum atomic E-state index is 12.9. The van der Waals surface area contributed by atoms with Crippen LogP contribution in [0.1, 0.15) is 56.6 Å². The van der Waals surface area contributed by atoms with Crippen LogP contribution in [-0.4, -0.2) is 5.11 Å². The third kappa shape index (κ3) is 3.72. The van der Waals surface area contributed by atoms with E-state index < -0.39 is 17.3 Å². The van der Waals surface area contributed by atoms with E-state index in [1.807, 2.05) is 0 Å². The van der Waals surface area contributed by atoms with Crippen molar-refractivity contribution in [2.45, 2.75) is 57.2 Å². The van der Waals surface area contributed by atoms with Crippen LogP contribution in [0.4, 0.5) is 13.2 Å². The first kappa shape index (κ1) is 16.6. The molecular formula is C16H20ClF3O. The Labute approximate surface area is 128 Å². The number of alkyl halides is 3. The summed E-state index contributed by atoms with van der Waals surface area (Å²) in [5.74, 6) is 0.574. The topological polar surface area (TPSA) is 20.2 Å². The standard InChI is InChI=1S/C16H20ClF3O/c1-2-3-11-6-8-15(21,9-7-11)12-4-5-14(17)13(10-12)16(18,19)20/h4-5,10-11,21H,2-3,6-9H2,1H3. The van der Waals surface area contributed by atoms with E-state index in [1.54, 1.807) is 0 Å². The third-order valence-corrected chi connectivity index (χ3v) is 4.77. The van der Waals surface area contributed by atoms with Crippen molar-refractivity contribution in [1.82, 2.24) is 0 Å². The van der Waals surface area contributed by atoms with Gasteiger partial charge in [-0.05, 0) is 49.3 Å². The van der Waals surface area contributed by atoms with Crippen LogP contribution < -0.4 is 0 Å². The summed E-state index contributed by atoms with van der Waals surface area (Å²) < 4.78 is 38.8. The lowest BCUT2D eigenvalue weighted by atomic mass is 9.74. The van der Waals surface area contributed by atoms with E-state index in [2.05, 4.69) is 6.92 Å². The second kappa shape index (κ2) is 6.17. The van der Waals surface area contributed by atoms with E-state index in [0.717, 1.165) is 31.7 Å². The van der Waals surface area contributed by atoms with Gasteiger partial charge in [0.1, 0.15) is 0 Å². The molecule has 0 unspecified atom stereocenters. The normalized spacial score (nSPS) is 26.9. The summed E-state index contributed by atoms with van der Waals surface area (Å²) in [5, 5.41) is 10.4. The van der Waals surface area contributed by atoms with Crippen molar-refractivity contribution in [3.8, 4) is 0 Å². The molecule has 1 aliphatic rings. The van der Waals surface area contributed by atoms with E-state index in [4.69, 9.17) is 11.6 Å². The molecule has 0 aliphatic heterocycles. The zero-order valence-corrected chi connectivity index (χ0v) is 12.8. The number of hydrogen-bond acceptors (Lipinski definition) is 1. The monoisotopic (exact) mass is 320 g/mol. The van der Waals surface area contributed by atoms with E-state index in [-0.39, 0.29) is 5.02 Å². The molecule has 0 amide bonds. The van der Waals surface area contributed by atoms with Crippen molar-refractivity contribution >= 4 is 11.6 Å². The summed E-state index contributed by atoms with van der Waals surface area (Å²) in [7, 11) is 0. The van der Waals surface area contributed by atoms with Crippen molar-refractivity contribution < 1.29 is 18.3 Å². The number of halogens is 4. The number of aliphatic hydroxyl groups is 1. The van der Waals surface area contributed by atoms with Gasteiger partial charge in [-0.3, -0.25) is 0 Å². The fourth-order valence-corrected chi connectivity index (χ4v) is 3.40. The minimum atomic E-state index is -4.50. The van der Waals surface area contributed by atoms with E-state index in [0.29, 0.717) is 24.3 Å². The summed E-state index contributed by atoms with van der Waals surface area (Å²) in [6.07, 6.45) is 0.450. The summed E-state index contributed by atoms with van der Waals surface area (Å²) in [6, 6.07) is 3.75. The molecule has 1 saturated carbocycles. The van der Waals surface area contributed by atoms with Gasteiger partial charge in [0.25, 0.3) is 0 Å². The molecule has 0 bridgehead atoms. The average Bonchev–Trinajstić information content (AvgIpc) is 2.41. The molecule has 118 valence electrons. The Morgan fingerprint density at radius 3 is 2.43 bits per heavy atom. The largest absolute Gasteiger partial charge is 0.417 e. The molecule has 1 aromatic carbocycles. The smallest absolute Gasteiger partial charge is 0.385 e. The first-order valence-corrected chi connectivity index (χ1v) is 7.73. The molecule has 0 radical (unpaired) electrons. The number of benzene rings is 1. The molecule has 0 heterocycles. The number of hydrogen-bond donors (Lipinski definition) is 1. The van der Waals surface area contributed by atoms with Gasteiger partial charge < -0.3 is 5.11 Å². The molecule has 1 aromatic rings. The van der Waals surface area contributed by atoms with E-state index in [1.165, 1.54) is 12.1 Å². The van der Waals surface area contributed by atoms with Gasteiger partial charge in [0.2, 0.25) is 0 Å². The van der Waals surface area contributed by atoms with Crippen LogP contribution in [0.15, 0.2) is 18.2 Å². The molecule has 1 nitrogen and oxygen atoms in total. The molecule has 0 aromatic heterocycles. The molecule has 2 rings (SSSR count). The summed E-state index contributed by atoms with van der Waals surface area (Å²) in [5.41, 5.74) is -1.70. The fraction of sp³-hybridized carbons (Fsp3) is 0.625. The van der Waals surface area contributed by atoms with Crippen molar-refractivity contribution in [2.24, 2.45) is 5.92 Å². The van der Waals surface area contributed by atoms with Gasteiger partial charge in [-0.25, -0.2) is 0 Å². The van der Waals surface area contributed by atoms with Crippen LogP contribution in [0, 0.1) is 5.92 Å². The molecule has 1 fully saturated rings. The Kier molecular flexibility index (Phi) is 4.89. The van der Waals surface area contributed by atoms with Crippen molar-refractivity contribution in [2.75, 3.05) is 0 Å². The van der Waals surface area contributed by atoms with Crippen LogP contribution in [0.5, 0.6) is 0 Å². The Morgan fingerprint density at radius 2 is 1.90 bits per heavy atom. The Bertz CT molecular complexity index is 491. The van der Waals surface area contributed by atoms with Gasteiger partial charge in [-0.1, -0.05) is 37.4 Å². The van der Waals surface area contributed by atoms with Crippen LogP contribution >= 0.6 is 11.6 Å². The Balaban J connectivity index is 2.22. The second-order valence-electron chi connectivity index (χ2n) is 5.96. The summed E-state index contributed by atoms with van der Waals surface area (Å²) in [4.78, 5) is 0. The maximum Gasteiger partial charge on any atom is 0.417 e. The van der Waals surface area contributed by atoms with E-state index in [9.17, 15) is 18.3 Å². The third-order valence-electron chi connectivity index (χ3n) is 4.44. The Morgan fingerprint density at radius 1 is 1.29 bits per heavy atom. The van der Waals surface area contributed by atoms with Crippen LogP contribution in [0.25, 0.3) is 0 Å². The molecule has 5 heteroatoms. The van der Waals surface area contributed by atoms with Gasteiger partial charge in [0.15, 0.2) is 0 Å². The second-order valence-corrected chi connectivity index (χ2v) is 6.36. The zero-order chi connectivity index (χ0) is 15.7. The van der Waals surface area contributed by atoms with Gasteiger partial charge in [0, 0.05) is 0 Å². The fourth-order valence-electron chi connectivity index (χ4n) is 3.17. The van der Waals surface area contributed by atoms with Crippen LogP contribution in [-0.2, 0) is 11.8 Å². The van der Waals surface area contributed by atoms with Gasteiger partial charge in [-0.2, -0.15) is 13.2 Å². The highest BCUT2D eigenvalue weighted by Crippen LogP contribution is 2.43. The SMILES string of the molecule is CCCC1CCC(O)(c2ccc(Cl)c(C(F)(F)F)c2)CC1. The van der Waals surface area contributed by atoms with Crippen molar-refractivity contribution in [3.63, 3.8) is 0 Å². The summed E-state index contributed by atoms with van der Waals surface area (Å²) >= 11 is 5.63. The lowest BCUT2D eigenvalue weighted by molar-refractivity contribution is -0.137. The predicted molar refractivity (Wildman–Crippen MR) is 77.2 cm³/mol. The molecule has 21 heavy (non-hydrogen) atoms. The average molecular weight is 321 g/mol. The molecule has 1 aliphatic carbocycles. The predicted octanol–water partition coefficient (Wildman–Crippen LogP) is 5.54. The van der Waals surface area contributed by atoms with Crippen molar-refractivity contribution in [3.05, 3.63) is 34.3 Å². The van der Waals surface area contributed by atoms with Gasteiger partial charge in [-0.15, -0.1) is 0 Å². The molecule has 0 atom stereocenters. The van der Waals surface area contributed by atoms with E-state index >= 15 is 0 Å². The summed E-state index contributed by atoms with van der Waals surface area (Å²) in [6.45, 7) is 2.12. The van der Waals surface area contributed by atoms with Crippen LogP contribution in [0.2, 0.25) is 5.02 Å². The quantitative estimate of drug-likeness (QED) is 0.775. The minimum Gasteiger partial charge on any atom is -0.385 e. The van der Waals surface area contributed by atoms with Gasteiger partial charge in [0.05, 0.1) is 16.2 Å². The minimum absolute atomic E-state index is 0.325. The molecule has 1 N–H and O–H groups in total. The number of rotatable bonds is 3. The highest BCUT2D eigenvalue weighted by atomic mass is 35.5. The lowest BCUT2D eigenvalue weighted by Gasteiger charge is -2.36. The van der Waals surface area contributed by atoms with Crippen molar-refractivity contribution in [1.29, 1.82) is 0 Å². The molecule has 0 spiro atoms. The lowest BCUT2D eigenvalue weighted by Crippen LogP contribution is -2.31. The first-order chi connectivity index (χ1) is 9.76. The van der Waals surface area contributed by atoms with Gasteiger partial charge >= 0.3 is 6.18 Å². The van der Waals surface area contributed by atoms with Crippen LogP contribution in [0.3, 0.4) is 0 Å². The highest BCUT2D eigenvalue weighted by Gasteiger charge is 2.38. The Hall–Kier alpha value is -0.740. The maximum absolute atomic E-state index is 12.9. The first-order valence-electron chi connectivity index (χ1n) is 7.36. The highest BCUT2D eigenvalue weighted by molar-refractivity contribution is 6.31.